The topological polar surface area (TPSA) is 56.7 Å². The van der Waals surface area contributed by atoms with E-state index in [-0.39, 0.29) is 0 Å². The standard InChI is InChI=1S/C51H30N4OS/c1-3-14-31(15-4-1)49-52-50(32-16-5-2-6-17-32)54-51(53-49)39-28-27-37-35-18-8-11-24-43(35)56-48(37)47(39)55-41-22-10-7-20-38(41)46-34(21-13-23-42(46)55)33-26-29-45-40(30-33)36-19-9-12-25-44(36)57-45/h1-30H. The first kappa shape index (κ1) is 31.9. The third-order valence-electron chi connectivity index (χ3n) is 11.1. The Bertz CT molecular complexity index is 3470. The van der Waals surface area contributed by atoms with Gasteiger partial charge in [-0.3, -0.25) is 0 Å². The number of thiophene rings is 1. The van der Waals surface area contributed by atoms with Crippen molar-refractivity contribution in [1.29, 1.82) is 0 Å². The molecule has 5 nitrogen and oxygen atoms in total. The van der Waals surface area contributed by atoms with Crippen LogP contribution in [-0.2, 0) is 0 Å². The van der Waals surface area contributed by atoms with E-state index in [4.69, 9.17) is 19.4 Å². The Kier molecular flexibility index (Phi) is 7.03. The number of fused-ring (bicyclic) bond motifs is 9. The number of hydrogen-bond acceptors (Lipinski definition) is 5. The average Bonchev–Trinajstić information content (AvgIpc) is 3.96. The summed E-state index contributed by atoms with van der Waals surface area (Å²) in [6.45, 7) is 0. The zero-order chi connectivity index (χ0) is 37.5. The third kappa shape index (κ3) is 4.98. The van der Waals surface area contributed by atoms with Crippen molar-refractivity contribution in [3.05, 3.63) is 182 Å². The van der Waals surface area contributed by atoms with Crippen LogP contribution >= 0.6 is 11.3 Å². The van der Waals surface area contributed by atoms with Gasteiger partial charge in [0.2, 0.25) is 0 Å². The van der Waals surface area contributed by atoms with Crippen LogP contribution in [-0.4, -0.2) is 19.5 Å². The predicted molar refractivity (Wildman–Crippen MR) is 236 cm³/mol. The van der Waals surface area contributed by atoms with Gasteiger partial charge in [-0.25, -0.2) is 15.0 Å². The predicted octanol–water partition coefficient (Wildman–Crippen LogP) is 13.9. The molecule has 0 fully saturated rings. The number of furan rings is 1. The minimum Gasteiger partial charge on any atom is -0.454 e. The van der Waals surface area contributed by atoms with Gasteiger partial charge in [-0.1, -0.05) is 133 Å². The van der Waals surface area contributed by atoms with Crippen molar-refractivity contribution in [3.63, 3.8) is 0 Å². The van der Waals surface area contributed by atoms with Crippen LogP contribution in [0, 0.1) is 0 Å². The highest BCUT2D eigenvalue weighted by Crippen LogP contribution is 2.45. The fourth-order valence-corrected chi connectivity index (χ4v) is 9.59. The molecule has 4 heterocycles. The van der Waals surface area contributed by atoms with Crippen LogP contribution in [0.5, 0.6) is 0 Å². The molecule has 0 aliphatic carbocycles. The monoisotopic (exact) mass is 746 g/mol. The summed E-state index contributed by atoms with van der Waals surface area (Å²) in [5, 5.41) is 6.99. The van der Waals surface area contributed by atoms with Gasteiger partial charge in [0.25, 0.3) is 0 Å². The lowest BCUT2D eigenvalue weighted by molar-refractivity contribution is 0.666. The first-order chi connectivity index (χ1) is 28.3. The van der Waals surface area contributed by atoms with Gasteiger partial charge in [0.1, 0.15) is 11.3 Å². The molecule has 0 atom stereocenters. The highest BCUT2D eigenvalue weighted by atomic mass is 32.1. The quantitative estimate of drug-likeness (QED) is 0.176. The smallest absolute Gasteiger partial charge is 0.166 e. The largest absolute Gasteiger partial charge is 0.454 e. The molecule has 0 bridgehead atoms. The number of para-hydroxylation sites is 2. The van der Waals surface area contributed by atoms with Crippen LogP contribution in [0.15, 0.2) is 186 Å². The van der Waals surface area contributed by atoms with E-state index in [0.717, 1.165) is 60.7 Å². The number of hydrogen-bond donors (Lipinski definition) is 0. The lowest BCUT2D eigenvalue weighted by Crippen LogP contribution is -2.04. The van der Waals surface area contributed by atoms with Gasteiger partial charge < -0.3 is 8.98 Å². The van der Waals surface area contributed by atoms with Crippen molar-refractivity contribution in [3.8, 4) is 51.0 Å². The maximum absolute atomic E-state index is 6.90. The molecule has 0 saturated heterocycles. The lowest BCUT2D eigenvalue weighted by Gasteiger charge is -2.15. The van der Waals surface area contributed by atoms with Gasteiger partial charge in [-0.2, -0.15) is 0 Å². The molecule has 0 aliphatic rings. The highest BCUT2D eigenvalue weighted by Gasteiger charge is 2.25. The fourth-order valence-electron chi connectivity index (χ4n) is 8.50. The normalized spacial score (nSPS) is 11.9. The molecule has 0 saturated carbocycles. The molecular weight excluding hydrogens is 717 g/mol. The van der Waals surface area contributed by atoms with Crippen LogP contribution in [0.25, 0.3) is 115 Å². The van der Waals surface area contributed by atoms with Crippen molar-refractivity contribution in [1.82, 2.24) is 19.5 Å². The summed E-state index contributed by atoms with van der Waals surface area (Å²) in [4.78, 5) is 15.5. The Morgan fingerprint density at radius 2 is 1.04 bits per heavy atom. The third-order valence-corrected chi connectivity index (χ3v) is 12.2. The maximum Gasteiger partial charge on any atom is 0.166 e. The number of aromatic nitrogens is 4. The van der Waals surface area contributed by atoms with Crippen molar-refractivity contribution >= 4 is 75.3 Å². The van der Waals surface area contributed by atoms with Crippen LogP contribution < -0.4 is 0 Å². The Balaban J connectivity index is 1.19. The van der Waals surface area contributed by atoms with Crippen LogP contribution in [0.2, 0.25) is 0 Å². The van der Waals surface area contributed by atoms with E-state index in [2.05, 4.69) is 114 Å². The summed E-state index contributed by atoms with van der Waals surface area (Å²) >= 11 is 1.84. The first-order valence-corrected chi connectivity index (χ1v) is 19.8. The van der Waals surface area contributed by atoms with Gasteiger partial charge in [0.15, 0.2) is 23.1 Å². The van der Waals surface area contributed by atoms with Crippen LogP contribution in [0.4, 0.5) is 0 Å². The molecule has 266 valence electrons. The zero-order valence-corrected chi connectivity index (χ0v) is 31.2. The second-order valence-electron chi connectivity index (χ2n) is 14.3. The second kappa shape index (κ2) is 12.6. The van der Waals surface area contributed by atoms with E-state index in [1.165, 1.54) is 36.7 Å². The Morgan fingerprint density at radius 1 is 0.404 bits per heavy atom. The molecule has 0 spiro atoms. The van der Waals surface area contributed by atoms with Crippen molar-refractivity contribution in [2.45, 2.75) is 0 Å². The average molecular weight is 747 g/mol. The molecular formula is C51H30N4OS. The van der Waals surface area contributed by atoms with Gasteiger partial charge in [-0.05, 0) is 59.7 Å². The number of nitrogens with zero attached hydrogens (tertiary/aromatic N) is 4. The summed E-state index contributed by atoms with van der Waals surface area (Å²) in [5.74, 6) is 1.78. The molecule has 12 aromatic rings. The van der Waals surface area contributed by atoms with Crippen molar-refractivity contribution in [2.24, 2.45) is 0 Å². The summed E-state index contributed by atoms with van der Waals surface area (Å²) in [6, 6.07) is 63.7. The summed E-state index contributed by atoms with van der Waals surface area (Å²) in [5.41, 5.74) is 9.66. The first-order valence-electron chi connectivity index (χ1n) is 19.0. The molecule has 4 aromatic heterocycles. The van der Waals surface area contributed by atoms with Crippen LogP contribution in [0.1, 0.15) is 0 Å². The Morgan fingerprint density at radius 3 is 1.82 bits per heavy atom. The SMILES string of the molecule is c1ccc(-c2nc(-c3ccccc3)nc(-c3ccc4c(oc5ccccc54)c3-n3c4ccccc4c4c(-c5ccc6sc7ccccc7c6c5)cccc43)n2)cc1. The Labute approximate surface area is 330 Å². The minimum absolute atomic E-state index is 0.567. The van der Waals surface area contributed by atoms with E-state index in [1.807, 2.05) is 84.1 Å². The van der Waals surface area contributed by atoms with Gasteiger partial charge in [-0.15, -0.1) is 11.3 Å². The molecule has 0 amide bonds. The van der Waals surface area contributed by atoms with Crippen molar-refractivity contribution < 1.29 is 4.42 Å². The zero-order valence-electron chi connectivity index (χ0n) is 30.4. The maximum atomic E-state index is 6.90. The molecule has 0 radical (unpaired) electrons. The van der Waals surface area contributed by atoms with E-state index >= 15 is 0 Å². The molecule has 6 heteroatoms. The summed E-state index contributed by atoms with van der Waals surface area (Å²) in [7, 11) is 0. The van der Waals surface area contributed by atoms with E-state index < -0.39 is 0 Å². The molecule has 57 heavy (non-hydrogen) atoms. The number of benzene rings is 8. The summed E-state index contributed by atoms with van der Waals surface area (Å²) in [6.07, 6.45) is 0. The minimum atomic E-state index is 0.567. The lowest BCUT2D eigenvalue weighted by atomic mass is 9.98. The molecule has 8 aromatic carbocycles. The summed E-state index contributed by atoms with van der Waals surface area (Å²) < 4.78 is 11.9. The molecule has 0 aliphatic heterocycles. The Hall–Kier alpha value is -7.41. The fraction of sp³-hybridized carbons (Fsp3) is 0. The highest BCUT2D eigenvalue weighted by molar-refractivity contribution is 7.25. The van der Waals surface area contributed by atoms with Crippen molar-refractivity contribution in [2.75, 3.05) is 0 Å². The van der Waals surface area contributed by atoms with Gasteiger partial charge in [0.05, 0.1) is 11.0 Å². The molecule has 0 N–H and O–H groups in total. The molecule has 12 rings (SSSR count). The van der Waals surface area contributed by atoms with Crippen LogP contribution in [0.3, 0.4) is 0 Å². The van der Waals surface area contributed by atoms with Gasteiger partial charge in [0, 0.05) is 58.4 Å². The van der Waals surface area contributed by atoms with Gasteiger partial charge >= 0.3 is 0 Å². The van der Waals surface area contributed by atoms with E-state index in [9.17, 15) is 0 Å². The van der Waals surface area contributed by atoms with E-state index in [1.54, 1.807) is 0 Å². The second-order valence-corrected chi connectivity index (χ2v) is 15.4. The molecule has 0 unspecified atom stereocenters. The number of rotatable bonds is 5. The van der Waals surface area contributed by atoms with E-state index in [0.29, 0.717) is 17.5 Å².